The zero-order valence-electron chi connectivity index (χ0n) is 20.1. The second-order valence-electron chi connectivity index (χ2n) is 9.15. The van der Waals surface area contributed by atoms with Gasteiger partial charge in [0, 0.05) is 44.1 Å². The van der Waals surface area contributed by atoms with Crippen LogP contribution in [0.1, 0.15) is 22.6 Å². The summed E-state index contributed by atoms with van der Waals surface area (Å²) < 4.78 is 26.0. The molecule has 0 saturated carbocycles. The first kappa shape index (κ1) is 24.2. The fraction of sp³-hybridized carbons (Fsp3) is 0.259. The van der Waals surface area contributed by atoms with Crippen molar-refractivity contribution in [3.63, 3.8) is 0 Å². The van der Waals surface area contributed by atoms with Gasteiger partial charge in [-0.05, 0) is 47.0 Å². The smallest absolute Gasteiger partial charge is 0.238 e. The molecule has 0 aliphatic carbocycles. The highest BCUT2D eigenvalue weighted by Crippen LogP contribution is 2.38. The fourth-order valence-electron chi connectivity index (χ4n) is 4.66. The lowest BCUT2D eigenvalue weighted by atomic mass is 9.90. The zero-order chi connectivity index (χ0) is 25.1. The number of nitrogens with zero attached hydrogens (tertiary/aromatic N) is 2. The van der Waals surface area contributed by atoms with Crippen LogP contribution in [0.25, 0.3) is 0 Å². The summed E-state index contributed by atoms with van der Waals surface area (Å²) in [4.78, 5) is 20.5. The number of hydrogen-bond acceptors (Lipinski definition) is 6. The molecule has 8 nitrogen and oxygen atoms in total. The first-order chi connectivity index (χ1) is 17.4. The third kappa shape index (κ3) is 5.64. The van der Waals surface area contributed by atoms with E-state index in [0.29, 0.717) is 22.6 Å². The Morgan fingerprint density at radius 3 is 2.44 bits per heavy atom. The Labute approximate surface area is 211 Å². The number of sulfonamides is 1. The summed E-state index contributed by atoms with van der Waals surface area (Å²) >= 11 is 0. The Morgan fingerprint density at radius 1 is 1.03 bits per heavy atom. The first-order valence-electron chi connectivity index (χ1n) is 11.9. The zero-order valence-corrected chi connectivity index (χ0v) is 20.9. The second kappa shape index (κ2) is 10.2. The van der Waals surface area contributed by atoms with Crippen molar-refractivity contribution in [2.45, 2.75) is 12.5 Å². The highest BCUT2D eigenvalue weighted by Gasteiger charge is 2.35. The van der Waals surface area contributed by atoms with Crippen LogP contribution in [0.5, 0.6) is 0 Å². The SMILES string of the molecule is CS(=O)(=O)Nc1ccc2c(c1)C(C(=Nc1ccc(CN3CCNCC3)cc1)c1ccccc1)C(=O)N2. The number of hydrogen-bond donors (Lipinski definition) is 3. The van der Waals surface area contributed by atoms with E-state index in [9.17, 15) is 13.2 Å². The van der Waals surface area contributed by atoms with Crippen molar-refractivity contribution in [1.29, 1.82) is 0 Å². The fourth-order valence-corrected chi connectivity index (χ4v) is 5.21. The van der Waals surface area contributed by atoms with Crippen LogP contribution in [0.3, 0.4) is 0 Å². The molecule has 1 unspecified atom stereocenters. The minimum Gasteiger partial charge on any atom is -0.325 e. The lowest BCUT2D eigenvalue weighted by Gasteiger charge is -2.27. The summed E-state index contributed by atoms with van der Waals surface area (Å²) in [5.74, 6) is -0.872. The molecular formula is C27H29N5O3S. The maximum atomic E-state index is 13.2. The van der Waals surface area contributed by atoms with Gasteiger partial charge in [-0.2, -0.15) is 0 Å². The molecule has 36 heavy (non-hydrogen) atoms. The lowest BCUT2D eigenvalue weighted by Crippen LogP contribution is -2.42. The minimum atomic E-state index is -3.45. The molecule has 1 fully saturated rings. The normalized spacial score (nSPS) is 18.5. The van der Waals surface area contributed by atoms with E-state index in [2.05, 4.69) is 32.4 Å². The molecule has 0 spiro atoms. The molecule has 186 valence electrons. The third-order valence-corrected chi connectivity index (χ3v) is 6.94. The topological polar surface area (TPSA) is 103 Å². The Kier molecular flexibility index (Phi) is 6.86. The molecule has 3 aromatic carbocycles. The van der Waals surface area contributed by atoms with Gasteiger partial charge < -0.3 is 10.6 Å². The van der Waals surface area contributed by atoms with Crippen LogP contribution >= 0.6 is 0 Å². The number of anilines is 2. The molecule has 2 aliphatic rings. The summed E-state index contributed by atoms with van der Waals surface area (Å²) in [7, 11) is -3.45. The van der Waals surface area contributed by atoms with E-state index in [4.69, 9.17) is 4.99 Å². The Bertz CT molecular complexity index is 1380. The summed E-state index contributed by atoms with van der Waals surface area (Å²) in [6.45, 7) is 4.98. The number of rotatable bonds is 7. The van der Waals surface area contributed by atoms with Crippen molar-refractivity contribution < 1.29 is 13.2 Å². The maximum absolute atomic E-state index is 13.2. The largest absolute Gasteiger partial charge is 0.325 e. The van der Waals surface area contributed by atoms with Crippen LogP contribution < -0.4 is 15.4 Å². The number of nitrogens with one attached hydrogen (secondary N) is 3. The van der Waals surface area contributed by atoms with Crippen LogP contribution in [0, 0.1) is 0 Å². The van der Waals surface area contributed by atoms with Gasteiger partial charge in [0.25, 0.3) is 0 Å². The molecule has 0 radical (unpaired) electrons. The van der Waals surface area contributed by atoms with E-state index in [-0.39, 0.29) is 5.91 Å². The average Bonchev–Trinajstić information content (AvgIpc) is 3.18. The average molecular weight is 504 g/mol. The number of piperazine rings is 1. The van der Waals surface area contributed by atoms with Crippen LogP contribution in [0.15, 0.2) is 77.8 Å². The Morgan fingerprint density at radius 2 is 1.75 bits per heavy atom. The van der Waals surface area contributed by atoms with Crippen molar-refractivity contribution >= 4 is 38.7 Å². The molecule has 1 saturated heterocycles. The second-order valence-corrected chi connectivity index (χ2v) is 10.9. The third-order valence-electron chi connectivity index (χ3n) is 6.33. The van der Waals surface area contributed by atoms with Crippen molar-refractivity contribution in [3.05, 3.63) is 89.5 Å². The summed E-state index contributed by atoms with van der Waals surface area (Å²) in [6.07, 6.45) is 1.10. The van der Waals surface area contributed by atoms with Gasteiger partial charge in [-0.1, -0.05) is 42.5 Å². The van der Waals surface area contributed by atoms with Gasteiger partial charge in [-0.25, -0.2) is 8.42 Å². The molecule has 1 amide bonds. The van der Waals surface area contributed by atoms with Gasteiger partial charge in [0.15, 0.2) is 0 Å². The van der Waals surface area contributed by atoms with Crippen LogP contribution in [-0.2, 0) is 21.4 Å². The number of carbonyl (C=O) groups excluding carboxylic acids is 1. The summed E-state index contributed by atoms with van der Waals surface area (Å²) in [5.41, 5.74) is 5.16. The van der Waals surface area contributed by atoms with Crippen LogP contribution in [0.4, 0.5) is 17.1 Å². The highest BCUT2D eigenvalue weighted by molar-refractivity contribution is 7.92. The molecule has 2 heterocycles. The van der Waals surface area contributed by atoms with E-state index in [0.717, 1.165) is 50.2 Å². The van der Waals surface area contributed by atoms with Crippen molar-refractivity contribution in [2.75, 3.05) is 42.5 Å². The van der Waals surface area contributed by atoms with Gasteiger partial charge in [0.05, 0.1) is 17.7 Å². The van der Waals surface area contributed by atoms with Crippen LogP contribution in [-0.4, -0.2) is 57.4 Å². The van der Waals surface area contributed by atoms with Gasteiger partial charge in [-0.15, -0.1) is 0 Å². The van der Waals surface area contributed by atoms with E-state index in [1.807, 2.05) is 42.5 Å². The van der Waals surface area contributed by atoms with Crippen molar-refractivity contribution in [2.24, 2.45) is 4.99 Å². The van der Waals surface area contributed by atoms with Gasteiger partial charge >= 0.3 is 0 Å². The van der Waals surface area contributed by atoms with E-state index in [1.165, 1.54) is 5.56 Å². The molecule has 9 heteroatoms. The number of fused-ring (bicyclic) bond motifs is 1. The molecule has 2 aliphatic heterocycles. The van der Waals surface area contributed by atoms with E-state index < -0.39 is 15.9 Å². The Hall–Kier alpha value is -3.53. The quantitative estimate of drug-likeness (QED) is 0.429. The minimum absolute atomic E-state index is 0.195. The molecule has 3 aromatic rings. The predicted molar refractivity (Wildman–Crippen MR) is 144 cm³/mol. The summed E-state index contributed by atoms with van der Waals surface area (Å²) in [6, 6.07) is 22.8. The molecular weight excluding hydrogens is 474 g/mol. The number of carbonyl (C=O) groups is 1. The number of amides is 1. The number of benzene rings is 3. The molecule has 0 bridgehead atoms. The maximum Gasteiger partial charge on any atom is 0.238 e. The van der Waals surface area contributed by atoms with Crippen LogP contribution in [0.2, 0.25) is 0 Å². The number of aliphatic imine (C=N–C) groups is 1. The van der Waals surface area contributed by atoms with Crippen molar-refractivity contribution in [1.82, 2.24) is 10.2 Å². The Balaban J connectivity index is 1.49. The first-order valence-corrected chi connectivity index (χ1v) is 13.8. The monoisotopic (exact) mass is 503 g/mol. The molecule has 5 rings (SSSR count). The predicted octanol–water partition coefficient (Wildman–Crippen LogP) is 3.32. The van der Waals surface area contributed by atoms with Gasteiger partial charge in [0.2, 0.25) is 15.9 Å². The molecule has 3 N–H and O–H groups in total. The van der Waals surface area contributed by atoms with Crippen molar-refractivity contribution in [3.8, 4) is 0 Å². The highest BCUT2D eigenvalue weighted by atomic mass is 32.2. The standard InChI is InChI=1S/C27H29N5O3S/c1-36(34,35)31-22-11-12-24-23(17-22)25(27(33)30-24)26(20-5-3-2-4-6-20)29-21-9-7-19(8-10-21)18-32-15-13-28-14-16-32/h2-12,17,25,28,31H,13-16,18H2,1H3,(H,30,33). The molecule has 1 atom stereocenters. The van der Waals surface area contributed by atoms with E-state index >= 15 is 0 Å². The van der Waals surface area contributed by atoms with E-state index in [1.54, 1.807) is 18.2 Å². The molecule has 0 aromatic heterocycles. The lowest BCUT2D eigenvalue weighted by molar-refractivity contribution is -0.115. The van der Waals surface area contributed by atoms with Gasteiger partial charge in [-0.3, -0.25) is 19.4 Å². The van der Waals surface area contributed by atoms with Gasteiger partial charge in [0.1, 0.15) is 5.92 Å². The summed E-state index contributed by atoms with van der Waals surface area (Å²) in [5, 5.41) is 6.29.